The molecule has 86 valence electrons. The second-order valence-electron chi connectivity index (χ2n) is 4.01. The zero-order chi connectivity index (χ0) is 11.5. The van der Waals surface area contributed by atoms with Crippen LogP contribution in [-0.2, 0) is 17.6 Å². The van der Waals surface area contributed by atoms with Gasteiger partial charge in [0.15, 0.2) is 0 Å². The van der Waals surface area contributed by atoms with Crippen molar-refractivity contribution in [1.82, 2.24) is 5.32 Å². The summed E-state index contributed by atoms with van der Waals surface area (Å²) in [4.78, 5) is 11.6. The van der Waals surface area contributed by atoms with E-state index < -0.39 is 13.0 Å². The molecule has 1 aliphatic rings. The standard InChI is InChI=1S/C12H13F2NO/c13-11(14)7-15-12(16)10-5-8-3-1-2-4-9(8)6-10/h1-4,10-11H,5-7H2,(H,15,16). The summed E-state index contributed by atoms with van der Waals surface area (Å²) < 4.78 is 23.9. The van der Waals surface area contributed by atoms with Crippen molar-refractivity contribution in [3.8, 4) is 0 Å². The van der Waals surface area contributed by atoms with Gasteiger partial charge in [0.1, 0.15) is 0 Å². The number of amides is 1. The topological polar surface area (TPSA) is 29.1 Å². The molecule has 0 saturated heterocycles. The molecular formula is C12H13F2NO. The van der Waals surface area contributed by atoms with Gasteiger partial charge >= 0.3 is 0 Å². The largest absolute Gasteiger partial charge is 0.350 e. The highest BCUT2D eigenvalue weighted by molar-refractivity contribution is 5.80. The third-order valence-corrected chi connectivity index (χ3v) is 2.85. The molecule has 0 atom stereocenters. The smallest absolute Gasteiger partial charge is 0.255 e. The molecule has 0 spiro atoms. The lowest BCUT2D eigenvalue weighted by Crippen LogP contribution is -2.34. The van der Waals surface area contributed by atoms with Crippen LogP contribution < -0.4 is 5.32 Å². The molecule has 0 heterocycles. The molecule has 0 unspecified atom stereocenters. The van der Waals surface area contributed by atoms with E-state index in [-0.39, 0.29) is 11.8 Å². The van der Waals surface area contributed by atoms with Gasteiger partial charge in [0.2, 0.25) is 5.91 Å². The fraction of sp³-hybridized carbons (Fsp3) is 0.417. The van der Waals surface area contributed by atoms with E-state index in [1.165, 1.54) is 0 Å². The van der Waals surface area contributed by atoms with Gasteiger partial charge in [-0.15, -0.1) is 0 Å². The van der Waals surface area contributed by atoms with Crippen molar-refractivity contribution in [2.24, 2.45) is 5.92 Å². The summed E-state index contributed by atoms with van der Waals surface area (Å²) in [5, 5.41) is 2.27. The molecule has 0 fully saturated rings. The van der Waals surface area contributed by atoms with Crippen LogP contribution in [0.3, 0.4) is 0 Å². The Morgan fingerprint density at radius 2 is 1.88 bits per heavy atom. The van der Waals surface area contributed by atoms with Crippen LogP contribution in [0.5, 0.6) is 0 Å². The van der Waals surface area contributed by atoms with Crippen LogP contribution in [0.1, 0.15) is 11.1 Å². The number of benzene rings is 1. The van der Waals surface area contributed by atoms with Crippen molar-refractivity contribution >= 4 is 5.91 Å². The molecule has 1 aliphatic carbocycles. The third-order valence-electron chi connectivity index (χ3n) is 2.85. The van der Waals surface area contributed by atoms with Gasteiger partial charge < -0.3 is 5.32 Å². The maximum Gasteiger partial charge on any atom is 0.255 e. The van der Waals surface area contributed by atoms with Gasteiger partial charge in [-0.2, -0.15) is 0 Å². The Labute approximate surface area is 92.7 Å². The first-order valence-corrected chi connectivity index (χ1v) is 5.29. The molecular weight excluding hydrogens is 212 g/mol. The van der Waals surface area contributed by atoms with Crippen LogP contribution in [0.2, 0.25) is 0 Å². The van der Waals surface area contributed by atoms with Crippen molar-refractivity contribution in [2.75, 3.05) is 6.54 Å². The number of hydrogen-bond donors (Lipinski definition) is 1. The maximum absolute atomic E-state index is 11.9. The molecule has 4 heteroatoms. The summed E-state index contributed by atoms with van der Waals surface area (Å²) in [5.41, 5.74) is 2.30. The van der Waals surface area contributed by atoms with Crippen LogP contribution in [-0.4, -0.2) is 18.9 Å². The predicted molar refractivity (Wildman–Crippen MR) is 56.4 cm³/mol. The van der Waals surface area contributed by atoms with E-state index in [0.29, 0.717) is 12.8 Å². The van der Waals surface area contributed by atoms with Crippen LogP contribution in [0.4, 0.5) is 8.78 Å². The van der Waals surface area contributed by atoms with Crippen LogP contribution in [0.15, 0.2) is 24.3 Å². The molecule has 2 nitrogen and oxygen atoms in total. The Morgan fingerprint density at radius 3 is 2.38 bits per heavy atom. The maximum atomic E-state index is 11.9. The first kappa shape index (κ1) is 11.0. The lowest BCUT2D eigenvalue weighted by atomic mass is 10.1. The first-order chi connectivity index (χ1) is 7.66. The summed E-state index contributed by atoms with van der Waals surface area (Å²) in [6.07, 6.45) is -1.16. The monoisotopic (exact) mass is 225 g/mol. The molecule has 0 aromatic heterocycles. The fourth-order valence-corrected chi connectivity index (χ4v) is 2.07. The molecule has 1 N–H and O–H groups in total. The van der Waals surface area contributed by atoms with Gasteiger partial charge in [-0.05, 0) is 24.0 Å². The number of rotatable bonds is 3. The van der Waals surface area contributed by atoms with Crippen molar-refractivity contribution < 1.29 is 13.6 Å². The molecule has 0 bridgehead atoms. The molecule has 0 saturated carbocycles. The second kappa shape index (κ2) is 4.60. The van der Waals surface area contributed by atoms with Gasteiger partial charge in [0.05, 0.1) is 6.54 Å². The SMILES string of the molecule is O=C(NCC(F)F)C1Cc2ccccc2C1. The quantitative estimate of drug-likeness (QED) is 0.834. The summed E-state index contributed by atoms with van der Waals surface area (Å²) in [7, 11) is 0. The van der Waals surface area contributed by atoms with E-state index in [0.717, 1.165) is 11.1 Å². The van der Waals surface area contributed by atoms with Crippen molar-refractivity contribution in [3.63, 3.8) is 0 Å². The summed E-state index contributed by atoms with van der Waals surface area (Å²) in [6, 6.07) is 7.82. The normalized spacial score (nSPS) is 15.2. The van der Waals surface area contributed by atoms with Crippen molar-refractivity contribution in [3.05, 3.63) is 35.4 Å². The Hall–Kier alpha value is -1.45. The molecule has 16 heavy (non-hydrogen) atoms. The number of hydrogen-bond acceptors (Lipinski definition) is 1. The third kappa shape index (κ3) is 2.38. The molecule has 1 aromatic carbocycles. The van der Waals surface area contributed by atoms with Gasteiger partial charge in [0, 0.05) is 5.92 Å². The van der Waals surface area contributed by atoms with E-state index in [9.17, 15) is 13.6 Å². The zero-order valence-electron chi connectivity index (χ0n) is 8.75. The number of nitrogens with one attached hydrogen (secondary N) is 1. The van der Waals surface area contributed by atoms with E-state index in [1.807, 2.05) is 24.3 Å². The first-order valence-electron chi connectivity index (χ1n) is 5.29. The Kier molecular flexibility index (Phi) is 3.17. The van der Waals surface area contributed by atoms with Crippen LogP contribution in [0.25, 0.3) is 0 Å². The second-order valence-corrected chi connectivity index (χ2v) is 4.01. The fourth-order valence-electron chi connectivity index (χ4n) is 2.07. The summed E-state index contributed by atoms with van der Waals surface area (Å²) in [5.74, 6) is -0.451. The highest BCUT2D eigenvalue weighted by Gasteiger charge is 2.27. The molecule has 1 amide bonds. The van der Waals surface area contributed by atoms with E-state index in [4.69, 9.17) is 0 Å². The average molecular weight is 225 g/mol. The molecule has 0 aliphatic heterocycles. The highest BCUT2D eigenvalue weighted by atomic mass is 19.3. The van der Waals surface area contributed by atoms with Crippen LogP contribution in [0, 0.1) is 5.92 Å². The molecule has 0 radical (unpaired) electrons. The highest BCUT2D eigenvalue weighted by Crippen LogP contribution is 2.26. The van der Waals surface area contributed by atoms with Gasteiger partial charge in [0.25, 0.3) is 6.43 Å². The number of alkyl halides is 2. The number of carbonyl (C=O) groups is 1. The van der Waals surface area contributed by atoms with Gasteiger partial charge in [-0.3, -0.25) is 4.79 Å². The van der Waals surface area contributed by atoms with Crippen LogP contribution >= 0.6 is 0 Å². The molecule has 1 aromatic rings. The number of carbonyl (C=O) groups excluding carboxylic acids is 1. The zero-order valence-corrected chi connectivity index (χ0v) is 8.75. The Balaban J connectivity index is 1.93. The van der Waals surface area contributed by atoms with E-state index >= 15 is 0 Å². The van der Waals surface area contributed by atoms with E-state index in [1.54, 1.807) is 0 Å². The minimum absolute atomic E-state index is 0.184. The lowest BCUT2D eigenvalue weighted by Gasteiger charge is -2.09. The minimum Gasteiger partial charge on any atom is -0.350 e. The minimum atomic E-state index is -2.48. The predicted octanol–water partition coefficient (Wildman–Crippen LogP) is 1.78. The molecule has 2 rings (SSSR count). The van der Waals surface area contributed by atoms with E-state index in [2.05, 4.69) is 5.32 Å². The Bertz CT molecular complexity index is 367. The van der Waals surface area contributed by atoms with Gasteiger partial charge in [-0.25, -0.2) is 8.78 Å². The van der Waals surface area contributed by atoms with Crippen molar-refractivity contribution in [2.45, 2.75) is 19.3 Å². The van der Waals surface area contributed by atoms with Gasteiger partial charge in [-0.1, -0.05) is 24.3 Å². The lowest BCUT2D eigenvalue weighted by molar-refractivity contribution is -0.125. The number of halogens is 2. The van der Waals surface area contributed by atoms with Crippen molar-refractivity contribution in [1.29, 1.82) is 0 Å². The summed E-state index contributed by atoms with van der Waals surface area (Å²) >= 11 is 0. The summed E-state index contributed by atoms with van der Waals surface area (Å²) in [6.45, 7) is -0.550. The Morgan fingerprint density at radius 1 is 1.31 bits per heavy atom. The average Bonchev–Trinajstić information content (AvgIpc) is 2.69. The number of fused-ring (bicyclic) bond motifs is 1.